The van der Waals surface area contributed by atoms with Crippen molar-refractivity contribution in [2.45, 2.75) is 32.5 Å². The third kappa shape index (κ3) is 2.96. The number of rotatable bonds is 3. The zero-order valence-electron chi connectivity index (χ0n) is 11.7. The fourth-order valence-electron chi connectivity index (χ4n) is 2.37. The first kappa shape index (κ1) is 14.0. The average molecular weight is 267 g/mol. The SMILES string of the molecule is CCc1cc(C(=O)N2CC(C)OC(CO)C2)n(C)n1. The van der Waals surface area contributed by atoms with Crippen molar-refractivity contribution in [3.63, 3.8) is 0 Å². The molecule has 1 saturated heterocycles. The number of ether oxygens (including phenoxy) is 1. The third-order valence-corrected chi connectivity index (χ3v) is 3.33. The summed E-state index contributed by atoms with van der Waals surface area (Å²) in [5.41, 5.74) is 1.49. The number of carbonyl (C=O) groups is 1. The first-order chi connectivity index (χ1) is 9.05. The smallest absolute Gasteiger partial charge is 0.272 e. The van der Waals surface area contributed by atoms with E-state index < -0.39 is 0 Å². The van der Waals surface area contributed by atoms with Gasteiger partial charge in [0.15, 0.2) is 0 Å². The lowest BCUT2D eigenvalue weighted by Gasteiger charge is -2.35. The Morgan fingerprint density at radius 3 is 2.89 bits per heavy atom. The van der Waals surface area contributed by atoms with Gasteiger partial charge in [0, 0.05) is 20.1 Å². The molecule has 1 aliphatic rings. The van der Waals surface area contributed by atoms with Gasteiger partial charge < -0.3 is 14.7 Å². The number of hydrogen-bond donors (Lipinski definition) is 1. The van der Waals surface area contributed by atoms with Crippen molar-refractivity contribution in [2.75, 3.05) is 19.7 Å². The number of aromatic nitrogens is 2. The van der Waals surface area contributed by atoms with E-state index in [0.29, 0.717) is 18.8 Å². The van der Waals surface area contributed by atoms with Crippen LogP contribution in [0.2, 0.25) is 0 Å². The summed E-state index contributed by atoms with van der Waals surface area (Å²) in [6.45, 7) is 4.81. The quantitative estimate of drug-likeness (QED) is 0.850. The summed E-state index contributed by atoms with van der Waals surface area (Å²) in [6.07, 6.45) is 0.445. The highest BCUT2D eigenvalue weighted by atomic mass is 16.5. The van der Waals surface area contributed by atoms with Crippen molar-refractivity contribution < 1.29 is 14.6 Å². The van der Waals surface area contributed by atoms with E-state index in [1.807, 2.05) is 19.9 Å². The number of carbonyl (C=O) groups excluding carboxylic acids is 1. The van der Waals surface area contributed by atoms with E-state index in [4.69, 9.17) is 4.74 Å². The lowest BCUT2D eigenvalue weighted by Crippen LogP contribution is -2.50. The Kier molecular flexibility index (Phi) is 4.21. The number of aliphatic hydroxyl groups is 1. The van der Waals surface area contributed by atoms with Gasteiger partial charge in [-0.05, 0) is 19.4 Å². The maximum atomic E-state index is 12.5. The molecule has 1 aromatic heterocycles. The Hall–Kier alpha value is -1.40. The van der Waals surface area contributed by atoms with E-state index in [1.165, 1.54) is 0 Å². The van der Waals surface area contributed by atoms with Crippen LogP contribution in [0.5, 0.6) is 0 Å². The summed E-state index contributed by atoms with van der Waals surface area (Å²) >= 11 is 0. The maximum absolute atomic E-state index is 12.5. The predicted molar refractivity (Wildman–Crippen MR) is 69.9 cm³/mol. The second-order valence-electron chi connectivity index (χ2n) is 4.96. The van der Waals surface area contributed by atoms with Crippen LogP contribution in [-0.4, -0.2) is 57.6 Å². The summed E-state index contributed by atoms with van der Waals surface area (Å²) in [7, 11) is 1.78. The maximum Gasteiger partial charge on any atom is 0.272 e. The van der Waals surface area contributed by atoms with E-state index in [1.54, 1.807) is 16.6 Å². The van der Waals surface area contributed by atoms with E-state index in [0.717, 1.165) is 12.1 Å². The van der Waals surface area contributed by atoms with Gasteiger partial charge in [-0.1, -0.05) is 6.92 Å². The molecule has 2 rings (SSSR count). The van der Waals surface area contributed by atoms with Crippen LogP contribution in [0.15, 0.2) is 6.07 Å². The van der Waals surface area contributed by atoms with Crippen LogP contribution >= 0.6 is 0 Å². The van der Waals surface area contributed by atoms with Gasteiger partial charge >= 0.3 is 0 Å². The summed E-state index contributed by atoms with van der Waals surface area (Å²) in [4.78, 5) is 14.2. The first-order valence-corrected chi connectivity index (χ1v) is 6.63. The van der Waals surface area contributed by atoms with Crippen LogP contribution in [0.4, 0.5) is 0 Å². The number of hydrogen-bond acceptors (Lipinski definition) is 4. The van der Waals surface area contributed by atoms with Gasteiger partial charge in [-0.2, -0.15) is 5.10 Å². The van der Waals surface area contributed by atoms with E-state index in [9.17, 15) is 9.90 Å². The normalized spacial score (nSPS) is 23.7. The van der Waals surface area contributed by atoms with Gasteiger partial charge in [0.25, 0.3) is 5.91 Å². The lowest BCUT2D eigenvalue weighted by atomic mass is 10.2. The molecule has 1 fully saturated rings. The molecule has 1 aromatic rings. The van der Waals surface area contributed by atoms with E-state index in [-0.39, 0.29) is 24.7 Å². The number of aryl methyl sites for hydroxylation is 2. The van der Waals surface area contributed by atoms with E-state index >= 15 is 0 Å². The van der Waals surface area contributed by atoms with Gasteiger partial charge in [0.05, 0.1) is 24.5 Å². The molecule has 0 saturated carbocycles. The molecular formula is C13H21N3O3. The lowest BCUT2D eigenvalue weighted by molar-refractivity contribution is -0.0860. The molecule has 6 heteroatoms. The number of amides is 1. The number of morpholine rings is 1. The first-order valence-electron chi connectivity index (χ1n) is 6.63. The Morgan fingerprint density at radius 2 is 2.32 bits per heavy atom. The summed E-state index contributed by atoms with van der Waals surface area (Å²) < 4.78 is 7.16. The highest BCUT2D eigenvalue weighted by Gasteiger charge is 2.29. The minimum absolute atomic E-state index is 0.0525. The Morgan fingerprint density at radius 1 is 1.58 bits per heavy atom. The van der Waals surface area contributed by atoms with Crippen molar-refractivity contribution >= 4 is 5.91 Å². The van der Waals surface area contributed by atoms with Crippen molar-refractivity contribution in [3.05, 3.63) is 17.5 Å². The van der Waals surface area contributed by atoms with Gasteiger partial charge in [-0.15, -0.1) is 0 Å². The Labute approximate surface area is 113 Å². The van der Waals surface area contributed by atoms with Crippen LogP contribution in [-0.2, 0) is 18.2 Å². The standard InChI is InChI=1S/C13H21N3O3/c1-4-10-5-12(15(3)14-10)13(18)16-6-9(2)19-11(7-16)8-17/h5,9,11,17H,4,6-8H2,1-3H3. The van der Waals surface area contributed by atoms with Gasteiger partial charge in [0.1, 0.15) is 5.69 Å². The van der Waals surface area contributed by atoms with Crippen LogP contribution < -0.4 is 0 Å². The van der Waals surface area contributed by atoms with Crippen molar-refractivity contribution in [1.82, 2.24) is 14.7 Å². The molecule has 0 aliphatic carbocycles. The highest BCUT2D eigenvalue weighted by molar-refractivity contribution is 5.92. The van der Waals surface area contributed by atoms with Gasteiger partial charge in [-0.3, -0.25) is 9.48 Å². The molecule has 2 unspecified atom stereocenters. The average Bonchev–Trinajstić information content (AvgIpc) is 2.78. The Balaban J connectivity index is 2.16. The van der Waals surface area contributed by atoms with E-state index in [2.05, 4.69) is 5.10 Å². The molecule has 106 valence electrons. The predicted octanol–water partition coefficient (Wildman–Crippen LogP) is 0.204. The topological polar surface area (TPSA) is 67.6 Å². The van der Waals surface area contributed by atoms with Crippen molar-refractivity contribution in [2.24, 2.45) is 7.05 Å². The molecule has 2 heterocycles. The summed E-state index contributed by atoms with van der Waals surface area (Å²) in [5.74, 6) is -0.0525. The van der Waals surface area contributed by atoms with Crippen LogP contribution in [0.3, 0.4) is 0 Å². The highest BCUT2D eigenvalue weighted by Crippen LogP contribution is 2.15. The Bertz CT molecular complexity index is 458. The molecular weight excluding hydrogens is 246 g/mol. The molecule has 1 amide bonds. The molecule has 0 aromatic carbocycles. The molecule has 1 N–H and O–H groups in total. The zero-order valence-corrected chi connectivity index (χ0v) is 11.7. The summed E-state index contributed by atoms with van der Waals surface area (Å²) in [6, 6.07) is 1.83. The van der Waals surface area contributed by atoms with Gasteiger partial charge in [0.2, 0.25) is 0 Å². The van der Waals surface area contributed by atoms with Crippen LogP contribution in [0, 0.1) is 0 Å². The summed E-state index contributed by atoms with van der Waals surface area (Å²) in [5, 5.41) is 13.5. The molecule has 6 nitrogen and oxygen atoms in total. The molecule has 0 radical (unpaired) electrons. The molecule has 0 bridgehead atoms. The second-order valence-corrected chi connectivity index (χ2v) is 4.96. The number of nitrogens with zero attached hydrogens (tertiary/aromatic N) is 3. The largest absolute Gasteiger partial charge is 0.394 e. The zero-order chi connectivity index (χ0) is 14.0. The number of aliphatic hydroxyl groups excluding tert-OH is 1. The minimum Gasteiger partial charge on any atom is -0.394 e. The van der Waals surface area contributed by atoms with Crippen molar-refractivity contribution in [3.8, 4) is 0 Å². The molecule has 2 atom stereocenters. The fraction of sp³-hybridized carbons (Fsp3) is 0.692. The molecule has 1 aliphatic heterocycles. The van der Waals surface area contributed by atoms with Crippen LogP contribution in [0.25, 0.3) is 0 Å². The fourth-order valence-corrected chi connectivity index (χ4v) is 2.37. The third-order valence-electron chi connectivity index (χ3n) is 3.33. The van der Waals surface area contributed by atoms with Crippen LogP contribution in [0.1, 0.15) is 30.0 Å². The molecule has 0 spiro atoms. The molecule has 19 heavy (non-hydrogen) atoms. The van der Waals surface area contributed by atoms with Crippen molar-refractivity contribution in [1.29, 1.82) is 0 Å². The minimum atomic E-state index is -0.299. The monoisotopic (exact) mass is 267 g/mol. The van der Waals surface area contributed by atoms with Gasteiger partial charge in [-0.25, -0.2) is 0 Å². The second kappa shape index (κ2) is 5.71.